The van der Waals surface area contributed by atoms with Crippen LogP contribution in [0.25, 0.3) is 0 Å². The summed E-state index contributed by atoms with van der Waals surface area (Å²) in [7, 11) is 0. The van der Waals surface area contributed by atoms with Gasteiger partial charge in [0, 0.05) is 30.7 Å². The van der Waals surface area contributed by atoms with Crippen molar-refractivity contribution in [2.45, 2.75) is 31.7 Å². The van der Waals surface area contributed by atoms with E-state index in [0.717, 1.165) is 25.7 Å². The van der Waals surface area contributed by atoms with Crippen molar-refractivity contribution in [1.29, 1.82) is 0 Å². The Labute approximate surface area is 106 Å². The summed E-state index contributed by atoms with van der Waals surface area (Å²) < 4.78 is 0. The molecule has 1 aromatic heterocycles. The molecule has 98 valence electrons. The van der Waals surface area contributed by atoms with Crippen molar-refractivity contribution < 1.29 is 9.90 Å². The van der Waals surface area contributed by atoms with Crippen molar-refractivity contribution in [2.75, 3.05) is 12.3 Å². The van der Waals surface area contributed by atoms with E-state index in [4.69, 9.17) is 10.8 Å². The second kappa shape index (κ2) is 5.82. The fraction of sp³-hybridized carbons (Fsp3) is 0.538. The fourth-order valence-corrected chi connectivity index (χ4v) is 2.45. The highest BCUT2D eigenvalue weighted by molar-refractivity contribution is 5.98. The van der Waals surface area contributed by atoms with E-state index in [1.165, 1.54) is 6.20 Å². The van der Waals surface area contributed by atoms with Crippen molar-refractivity contribution in [3.8, 4) is 0 Å². The zero-order valence-electron chi connectivity index (χ0n) is 10.3. The number of hydrogen-bond donors (Lipinski definition) is 3. The molecule has 0 aromatic carbocycles. The SMILES string of the molecule is Nc1ccncc1C(=O)NC1CCCC(CO)C1. The van der Waals surface area contributed by atoms with Crippen LogP contribution in [0.3, 0.4) is 0 Å². The minimum atomic E-state index is -0.177. The Bertz CT molecular complexity index is 422. The van der Waals surface area contributed by atoms with E-state index >= 15 is 0 Å². The maximum Gasteiger partial charge on any atom is 0.255 e. The normalized spacial score (nSPS) is 23.6. The van der Waals surface area contributed by atoms with Crippen molar-refractivity contribution in [1.82, 2.24) is 10.3 Å². The summed E-state index contributed by atoms with van der Waals surface area (Å²) in [6, 6.07) is 1.75. The van der Waals surface area contributed by atoms with Crippen LogP contribution in [0.2, 0.25) is 0 Å². The summed E-state index contributed by atoms with van der Waals surface area (Å²) in [5.74, 6) is 0.125. The lowest BCUT2D eigenvalue weighted by Gasteiger charge is -2.28. The largest absolute Gasteiger partial charge is 0.398 e. The Balaban J connectivity index is 1.97. The minimum Gasteiger partial charge on any atom is -0.398 e. The number of aliphatic hydroxyl groups excluding tert-OH is 1. The smallest absolute Gasteiger partial charge is 0.255 e. The first kappa shape index (κ1) is 12.8. The number of aliphatic hydroxyl groups is 1. The van der Waals surface area contributed by atoms with E-state index in [9.17, 15) is 4.79 Å². The average Bonchev–Trinajstić information content (AvgIpc) is 2.39. The molecule has 0 saturated heterocycles. The van der Waals surface area contributed by atoms with E-state index < -0.39 is 0 Å². The number of nitrogen functional groups attached to an aromatic ring is 1. The molecule has 0 radical (unpaired) electrons. The summed E-state index contributed by atoms with van der Waals surface area (Å²) in [4.78, 5) is 15.9. The Kier molecular flexibility index (Phi) is 4.15. The summed E-state index contributed by atoms with van der Waals surface area (Å²) in [5.41, 5.74) is 6.60. The molecule has 1 aromatic rings. The molecule has 0 aliphatic heterocycles. The van der Waals surface area contributed by atoms with Crippen molar-refractivity contribution >= 4 is 11.6 Å². The van der Waals surface area contributed by atoms with Crippen LogP contribution in [0.15, 0.2) is 18.5 Å². The summed E-state index contributed by atoms with van der Waals surface area (Å²) in [5, 5.41) is 12.1. The van der Waals surface area contributed by atoms with Gasteiger partial charge in [0.1, 0.15) is 0 Å². The quantitative estimate of drug-likeness (QED) is 0.744. The van der Waals surface area contributed by atoms with Gasteiger partial charge in [0.2, 0.25) is 0 Å². The third-order valence-corrected chi connectivity index (χ3v) is 3.48. The molecular weight excluding hydrogens is 230 g/mol. The molecule has 1 fully saturated rings. The van der Waals surface area contributed by atoms with Crippen LogP contribution >= 0.6 is 0 Å². The molecule has 1 amide bonds. The molecular formula is C13H19N3O2. The predicted molar refractivity (Wildman–Crippen MR) is 68.9 cm³/mol. The van der Waals surface area contributed by atoms with Crippen LogP contribution in [-0.4, -0.2) is 28.6 Å². The van der Waals surface area contributed by atoms with Gasteiger partial charge < -0.3 is 16.2 Å². The van der Waals surface area contributed by atoms with Crippen molar-refractivity contribution in [2.24, 2.45) is 5.92 Å². The number of carbonyl (C=O) groups is 1. The number of nitrogens with zero attached hydrogens (tertiary/aromatic N) is 1. The van der Waals surface area contributed by atoms with Crippen LogP contribution in [0.1, 0.15) is 36.0 Å². The summed E-state index contributed by atoms with van der Waals surface area (Å²) >= 11 is 0. The second-order valence-corrected chi connectivity index (χ2v) is 4.85. The molecule has 0 bridgehead atoms. The van der Waals surface area contributed by atoms with E-state index in [1.54, 1.807) is 12.3 Å². The van der Waals surface area contributed by atoms with Gasteiger partial charge in [-0.15, -0.1) is 0 Å². The third-order valence-electron chi connectivity index (χ3n) is 3.48. The number of pyridine rings is 1. The molecule has 0 spiro atoms. The predicted octanol–water partition coefficient (Wildman–Crippen LogP) is 0.945. The molecule has 2 unspecified atom stereocenters. The van der Waals surface area contributed by atoms with E-state index in [1.807, 2.05) is 0 Å². The first-order valence-electron chi connectivity index (χ1n) is 6.32. The fourth-order valence-electron chi connectivity index (χ4n) is 2.45. The molecule has 5 nitrogen and oxygen atoms in total. The first-order chi connectivity index (χ1) is 8.70. The van der Waals surface area contributed by atoms with Gasteiger partial charge in [-0.25, -0.2) is 0 Å². The zero-order chi connectivity index (χ0) is 13.0. The van der Waals surface area contributed by atoms with Crippen LogP contribution in [0.4, 0.5) is 5.69 Å². The van der Waals surface area contributed by atoms with Crippen LogP contribution in [0.5, 0.6) is 0 Å². The van der Waals surface area contributed by atoms with Gasteiger partial charge in [0.15, 0.2) is 0 Å². The topological polar surface area (TPSA) is 88.2 Å². The summed E-state index contributed by atoms with van der Waals surface area (Å²) in [6.45, 7) is 0.196. The van der Waals surface area contributed by atoms with Crippen molar-refractivity contribution in [3.05, 3.63) is 24.0 Å². The second-order valence-electron chi connectivity index (χ2n) is 4.85. The maximum absolute atomic E-state index is 12.0. The molecule has 1 saturated carbocycles. The standard InChI is InChI=1S/C13H19N3O2/c14-12-4-5-15-7-11(12)13(18)16-10-3-1-2-9(6-10)8-17/h4-5,7,9-10,17H,1-3,6,8H2,(H2,14,15)(H,16,18). The van der Waals surface area contributed by atoms with E-state index in [0.29, 0.717) is 17.2 Å². The number of nitrogens with one attached hydrogen (secondary N) is 1. The molecule has 5 heteroatoms. The molecule has 4 N–H and O–H groups in total. The van der Waals surface area contributed by atoms with Gasteiger partial charge in [-0.05, 0) is 31.2 Å². The highest BCUT2D eigenvalue weighted by Gasteiger charge is 2.23. The maximum atomic E-state index is 12.0. The number of aromatic nitrogens is 1. The number of hydrogen-bond acceptors (Lipinski definition) is 4. The number of amides is 1. The van der Waals surface area contributed by atoms with Gasteiger partial charge in [-0.3, -0.25) is 9.78 Å². The molecule has 18 heavy (non-hydrogen) atoms. The Morgan fingerprint density at radius 3 is 3.11 bits per heavy atom. The lowest BCUT2D eigenvalue weighted by molar-refractivity contribution is 0.0906. The number of rotatable bonds is 3. The van der Waals surface area contributed by atoms with Gasteiger partial charge in [-0.2, -0.15) is 0 Å². The van der Waals surface area contributed by atoms with Crippen molar-refractivity contribution in [3.63, 3.8) is 0 Å². The molecule has 1 aliphatic carbocycles. The first-order valence-corrected chi connectivity index (χ1v) is 6.32. The van der Waals surface area contributed by atoms with E-state index in [2.05, 4.69) is 10.3 Å². The van der Waals surface area contributed by atoms with Crippen LogP contribution < -0.4 is 11.1 Å². The van der Waals surface area contributed by atoms with E-state index in [-0.39, 0.29) is 18.6 Å². The minimum absolute atomic E-state index is 0.128. The highest BCUT2D eigenvalue weighted by atomic mass is 16.3. The van der Waals surface area contributed by atoms with Gasteiger partial charge in [0.05, 0.1) is 5.56 Å². The van der Waals surface area contributed by atoms with Crippen LogP contribution in [0, 0.1) is 5.92 Å². The average molecular weight is 249 g/mol. The Morgan fingerprint density at radius 2 is 2.39 bits per heavy atom. The number of nitrogens with two attached hydrogens (primary N) is 1. The highest BCUT2D eigenvalue weighted by Crippen LogP contribution is 2.24. The summed E-state index contributed by atoms with van der Waals surface area (Å²) in [6.07, 6.45) is 6.92. The molecule has 1 heterocycles. The van der Waals surface area contributed by atoms with Gasteiger partial charge in [0.25, 0.3) is 5.91 Å². The number of anilines is 1. The molecule has 2 atom stereocenters. The lowest BCUT2D eigenvalue weighted by Crippen LogP contribution is -2.39. The molecule has 2 rings (SSSR count). The zero-order valence-corrected chi connectivity index (χ0v) is 10.3. The van der Waals surface area contributed by atoms with Gasteiger partial charge >= 0.3 is 0 Å². The third kappa shape index (κ3) is 2.98. The lowest BCUT2D eigenvalue weighted by atomic mass is 9.86. The van der Waals surface area contributed by atoms with Crippen LogP contribution in [-0.2, 0) is 0 Å². The van der Waals surface area contributed by atoms with Gasteiger partial charge in [-0.1, -0.05) is 6.42 Å². The Hall–Kier alpha value is -1.62. The number of carbonyl (C=O) groups excluding carboxylic acids is 1. The monoisotopic (exact) mass is 249 g/mol. The molecule has 1 aliphatic rings. The Morgan fingerprint density at radius 1 is 1.56 bits per heavy atom.